The van der Waals surface area contributed by atoms with Crippen LogP contribution in [-0.4, -0.2) is 5.78 Å². The highest BCUT2D eigenvalue weighted by atomic mass is 79.9. The smallest absolute Gasteiger partial charge is 0.162 e. The van der Waals surface area contributed by atoms with Gasteiger partial charge in [0.15, 0.2) is 5.78 Å². The van der Waals surface area contributed by atoms with Gasteiger partial charge < -0.3 is 5.32 Å². The molecule has 0 fully saturated rings. The van der Waals surface area contributed by atoms with Gasteiger partial charge >= 0.3 is 0 Å². The Balaban J connectivity index is 1.93. The topological polar surface area (TPSA) is 29.1 Å². The SMILES string of the molecule is Cc1ccc2c(c1)C(c1ccc(Br)cc1)C1=C(CC(C)(C)CC1=O)N2. The molecular formula is C22H22BrNO. The number of hydrogen-bond acceptors (Lipinski definition) is 2. The molecule has 1 aliphatic carbocycles. The lowest BCUT2D eigenvalue weighted by Gasteiger charge is -2.39. The average molecular weight is 396 g/mol. The van der Waals surface area contributed by atoms with E-state index >= 15 is 0 Å². The first-order chi connectivity index (χ1) is 11.8. The monoisotopic (exact) mass is 395 g/mol. The number of halogens is 1. The van der Waals surface area contributed by atoms with E-state index in [0.29, 0.717) is 6.42 Å². The molecule has 0 radical (unpaired) electrons. The molecule has 1 aliphatic heterocycles. The minimum absolute atomic E-state index is 0.00931. The predicted molar refractivity (Wildman–Crippen MR) is 106 cm³/mol. The van der Waals surface area contributed by atoms with Crippen molar-refractivity contribution in [2.45, 2.75) is 39.5 Å². The van der Waals surface area contributed by atoms with Crippen LogP contribution in [0.2, 0.25) is 0 Å². The minimum atomic E-state index is 0.00931. The van der Waals surface area contributed by atoms with Crippen molar-refractivity contribution >= 4 is 27.4 Å². The molecule has 0 saturated heterocycles. The molecule has 2 aliphatic rings. The van der Waals surface area contributed by atoms with Crippen molar-refractivity contribution in [3.8, 4) is 0 Å². The van der Waals surface area contributed by atoms with E-state index < -0.39 is 0 Å². The summed E-state index contributed by atoms with van der Waals surface area (Å²) in [7, 11) is 0. The maximum atomic E-state index is 13.1. The maximum absolute atomic E-state index is 13.1. The highest BCUT2D eigenvalue weighted by Crippen LogP contribution is 2.49. The van der Waals surface area contributed by atoms with Crippen LogP contribution in [0.4, 0.5) is 5.69 Å². The molecule has 0 spiro atoms. The van der Waals surface area contributed by atoms with Gasteiger partial charge in [-0.1, -0.05) is 59.6 Å². The van der Waals surface area contributed by atoms with Crippen LogP contribution in [0.25, 0.3) is 0 Å². The third kappa shape index (κ3) is 2.95. The van der Waals surface area contributed by atoms with Crippen molar-refractivity contribution < 1.29 is 4.79 Å². The van der Waals surface area contributed by atoms with Crippen LogP contribution in [0, 0.1) is 12.3 Å². The van der Waals surface area contributed by atoms with Gasteiger partial charge in [0.25, 0.3) is 0 Å². The van der Waals surface area contributed by atoms with Crippen molar-refractivity contribution in [3.63, 3.8) is 0 Å². The van der Waals surface area contributed by atoms with Gasteiger partial charge in [-0.3, -0.25) is 4.79 Å². The van der Waals surface area contributed by atoms with Gasteiger partial charge in [0, 0.05) is 33.8 Å². The summed E-state index contributed by atoms with van der Waals surface area (Å²) in [4.78, 5) is 13.1. The first-order valence-electron chi connectivity index (χ1n) is 8.73. The predicted octanol–water partition coefficient (Wildman–Crippen LogP) is 5.96. The fraction of sp³-hybridized carbons (Fsp3) is 0.318. The van der Waals surface area contributed by atoms with Gasteiger partial charge in [0.05, 0.1) is 0 Å². The first-order valence-corrected chi connectivity index (χ1v) is 9.53. The van der Waals surface area contributed by atoms with Gasteiger partial charge in [-0.05, 0) is 48.1 Å². The molecule has 3 heteroatoms. The Hall–Kier alpha value is -1.87. The third-order valence-corrected chi connectivity index (χ3v) is 5.74. The van der Waals surface area contributed by atoms with Crippen LogP contribution >= 0.6 is 15.9 Å². The van der Waals surface area contributed by atoms with Crippen molar-refractivity contribution in [2.75, 3.05) is 5.32 Å². The quantitative estimate of drug-likeness (QED) is 0.645. The van der Waals surface area contributed by atoms with Crippen LogP contribution in [0.5, 0.6) is 0 Å². The number of Topliss-reactive ketones (excluding diaryl/α,β-unsaturated/α-hetero) is 1. The lowest BCUT2D eigenvalue weighted by Crippen LogP contribution is -2.33. The van der Waals surface area contributed by atoms with Crippen LogP contribution in [0.15, 0.2) is 58.2 Å². The van der Waals surface area contributed by atoms with Crippen molar-refractivity contribution in [1.29, 1.82) is 0 Å². The van der Waals surface area contributed by atoms with E-state index in [1.54, 1.807) is 0 Å². The molecule has 0 bridgehead atoms. The molecule has 25 heavy (non-hydrogen) atoms. The minimum Gasteiger partial charge on any atom is -0.358 e. The summed E-state index contributed by atoms with van der Waals surface area (Å²) in [6, 6.07) is 14.9. The van der Waals surface area contributed by atoms with Crippen LogP contribution in [0.3, 0.4) is 0 Å². The maximum Gasteiger partial charge on any atom is 0.162 e. The molecule has 4 rings (SSSR count). The zero-order valence-corrected chi connectivity index (χ0v) is 16.4. The fourth-order valence-corrected chi connectivity index (χ4v) is 4.40. The number of rotatable bonds is 1. The summed E-state index contributed by atoms with van der Waals surface area (Å²) in [5, 5.41) is 3.57. The van der Waals surface area contributed by atoms with Gasteiger partial charge in [-0.15, -0.1) is 0 Å². The van der Waals surface area contributed by atoms with E-state index in [-0.39, 0.29) is 17.1 Å². The molecular weight excluding hydrogens is 374 g/mol. The second kappa shape index (κ2) is 5.84. The largest absolute Gasteiger partial charge is 0.358 e. The summed E-state index contributed by atoms with van der Waals surface area (Å²) in [6.45, 7) is 6.46. The number of hydrogen-bond donors (Lipinski definition) is 1. The molecule has 1 heterocycles. The van der Waals surface area contributed by atoms with Crippen molar-refractivity contribution in [2.24, 2.45) is 5.41 Å². The first kappa shape index (κ1) is 16.6. The summed E-state index contributed by atoms with van der Waals surface area (Å²) < 4.78 is 1.06. The lowest BCUT2D eigenvalue weighted by molar-refractivity contribution is -0.118. The Labute approximate surface area is 157 Å². The molecule has 128 valence electrons. The normalized spacial score (nSPS) is 21.4. The number of carbonyl (C=O) groups excluding carboxylic acids is 1. The van der Waals surface area contributed by atoms with E-state index in [1.165, 1.54) is 16.7 Å². The van der Waals surface area contributed by atoms with Gasteiger partial charge in [0.2, 0.25) is 0 Å². The Morgan fingerprint density at radius 2 is 1.80 bits per heavy atom. The van der Waals surface area contributed by atoms with Crippen LogP contribution < -0.4 is 5.32 Å². The molecule has 0 amide bonds. The molecule has 0 saturated carbocycles. The van der Waals surface area contributed by atoms with Crippen molar-refractivity contribution in [1.82, 2.24) is 0 Å². The van der Waals surface area contributed by atoms with E-state index in [2.05, 4.69) is 84.5 Å². The average Bonchev–Trinajstić information content (AvgIpc) is 2.53. The number of benzene rings is 2. The number of nitrogens with one attached hydrogen (secondary N) is 1. The zero-order valence-electron chi connectivity index (χ0n) is 14.8. The van der Waals surface area contributed by atoms with Gasteiger partial charge in [-0.25, -0.2) is 0 Å². The summed E-state index contributed by atoms with van der Waals surface area (Å²) in [5.74, 6) is 0.293. The number of anilines is 1. The molecule has 2 aromatic carbocycles. The summed E-state index contributed by atoms with van der Waals surface area (Å²) in [6.07, 6.45) is 1.52. The molecule has 0 aromatic heterocycles. The standard InChI is InChI=1S/C22H22BrNO/c1-13-4-9-17-16(10-13)20(14-5-7-15(23)8-6-14)21-18(24-17)11-22(2,3)12-19(21)25/h4-10,20,24H,11-12H2,1-3H3. The zero-order chi connectivity index (χ0) is 17.8. The van der Waals surface area contributed by atoms with E-state index in [4.69, 9.17) is 0 Å². The Morgan fingerprint density at radius 3 is 2.52 bits per heavy atom. The molecule has 2 aromatic rings. The molecule has 2 nitrogen and oxygen atoms in total. The van der Waals surface area contributed by atoms with E-state index in [9.17, 15) is 4.79 Å². The van der Waals surface area contributed by atoms with E-state index in [0.717, 1.165) is 27.9 Å². The number of aryl methyl sites for hydroxylation is 1. The molecule has 1 N–H and O–H groups in total. The summed E-state index contributed by atoms with van der Waals surface area (Å²) in [5.41, 5.74) is 6.80. The highest BCUT2D eigenvalue weighted by Gasteiger charge is 2.40. The summed E-state index contributed by atoms with van der Waals surface area (Å²) >= 11 is 3.52. The van der Waals surface area contributed by atoms with Gasteiger partial charge in [-0.2, -0.15) is 0 Å². The second-order valence-electron chi connectivity index (χ2n) is 8.03. The third-order valence-electron chi connectivity index (χ3n) is 5.22. The highest BCUT2D eigenvalue weighted by molar-refractivity contribution is 9.10. The molecule has 1 unspecified atom stereocenters. The number of fused-ring (bicyclic) bond motifs is 1. The van der Waals surface area contributed by atoms with Crippen LogP contribution in [-0.2, 0) is 4.79 Å². The fourth-order valence-electron chi connectivity index (χ4n) is 4.14. The van der Waals surface area contributed by atoms with Gasteiger partial charge in [0.1, 0.15) is 0 Å². The Bertz CT molecular complexity index is 893. The van der Waals surface area contributed by atoms with E-state index in [1.807, 2.05) is 0 Å². The Kier molecular flexibility index (Phi) is 3.88. The number of ketones is 1. The number of carbonyl (C=O) groups is 1. The Morgan fingerprint density at radius 1 is 1.08 bits per heavy atom. The second-order valence-corrected chi connectivity index (χ2v) is 8.95. The lowest BCUT2D eigenvalue weighted by atomic mass is 9.68. The van der Waals surface area contributed by atoms with Crippen molar-refractivity contribution in [3.05, 3.63) is 74.9 Å². The van der Waals surface area contributed by atoms with Crippen LogP contribution in [0.1, 0.15) is 49.3 Å². The molecule has 1 atom stereocenters. The number of allylic oxidation sites excluding steroid dienone is 2.